The number of carbonyl (C=O) groups is 1. The van der Waals surface area contributed by atoms with Gasteiger partial charge in [-0.2, -0.15) is 0 Å². The summed E-state index contributed by atoms with van der Waals surface area (Å²) in [4.78, 5) is 11.3. The van der Waals surface area contributed by atoms with Crippen LogP contribution in [-0.4, -0.2) is 36.4 Å². The van der Waals surface area contributed by atoms with Gasteiger partial charge in [0.2, 0.25) is 0 Å². The Kier molecular flexibility index (Phi) is 12.7. The maximum absolute atomic E-state index is 11.3. The third kappa shape index (κ3) is 10.7. The van der Waals surface area contributed by atoms with Crippen molar-refractivity contribution in [1.82, 2.24) is 5.32 Å². The third-order valence-corrected chi connectivity index (χ3v) is 3.84. The van der Waals surface area contributed by atoms with E-state index in [4.69, 9.17) is 4.74 Å². The summed E-state index contributed by atoms with van der Waals surface area (Å²) in [6.45, 7) is 8.38. The van der Waals surface area contributed by atoms with E-state index >= 15 is 0 Å². The second kappa shape index (κ2) is 13.1. The van der Waals surface area contributed by atoms with Gasteiger partial charge in [0.05, 0.1) is 0 Å². The lowest BCUT2D eigenvalue weighted by molar-refractivity contribution is -0.144. The molecule has 0 spiro atoms. The molecular formula is C17H35NO3. The molecule has 0 bridgehead atoms. The Bertz CT molecular complexity index is 258. The first-order valence-corrected chi connectivity index (χ1v) is 8.63. The number of carboxylic acid groups (broad SMARTS) is 1. The molecule has 2 N–H and O–H groups in total. The first-order valence-electron chi connectivity index (χ1n) is 8.63. The molecule has 0 saturated heterocycles. The Morgan fingerprint density at radius 1 is 1.00 bits per heavy atom. The molecule has 0 aromatic heterocycles. The smallest absolute Gasteiger partial charge is 0.323 e. The van der Waals surface area contributed by atoms with E-state index in [0.717, 1.165) is 45.4 Å². The average Bonchev–Trinajstić information content (AvgIpc) is 2.47. The highest BCUT2D eigenvalue weighted by Crippen LogP contribution is 2.14. The highest BCUT2D eigenvalue weighted by atomic mass is 16.5. The highest BCUT2D eigenvalue weighted by molar-refractivity contribution is 5.78. The number of rotatable bonds is 15. The number of nitrogens with one attached hydrogen (secondary N) is 1. The van der Waals surface area contributed by atoms with Crippen molar-refractivity contribution in [3.8, 4) is 0 Å². The van der Waals surface area contributed by atoms with Crippen LogP contribution >= 0.6 is 0 Å². The van der Waals surface area contributed by atoms with E-state index in [1.54, 1.807) is 6.92 Å². The molecule has 0 aliphatic carbocycles. The molecule has 0 aromatic carbocycles. The molecule has 0 rings (SSSR count). The fourth-order valence-electron chi connectivity index (χ4n) is 2.26. The molecule has 0 aromatic rings. The summed E-state index contributed by atoms with van der Waals surface area (Å²) >= 11 is 0. The number of unbranched alkanes of at least 4 members (excludes halogenated alkanes) is 5. The topological polar surface area (TPSA) is 58.6 Å². The highest BCUT2D eigenvalue weighted by Gasteiger charge is 2.31. The van der Waals surface area contributed by atoms with E-state index in [-0.39, 0.29) is 0 Å². The van der Waals surface area contributed by atoms with Gasteiger partial charge in [-0.3, -0.25) is 4.79 Å². The van der Waals surface area contributed by atoms with Crippen LogP contribution in [0, 0.1) is 0 Å². The minimum atomic E-state index is -0.795. The summed E-state index contributed by atoms with van der Waals surface area (Å²) in [5.41, 5.74) is -0.795. The predicted octanol–water partition coefficient (Wildman–Crippen LogP) is 3.99. The van der Waals surface area contributed by atoms with Crippen molar-refractivity contribution < 1.29 is 14.6 Å². The molecule has 0 amide bonds. The van der Waals surface area contributed by atoms with Crippen LogP contribution < -0.4 is 5.32 Å². The Morgan fingerprint density at radius 2 is 1.62 bits per heavy atom. The van der Waals surface area contributed by atoms with Gasteiger partial charge in [0.15, 0.2) is 0 Å². The van der Waals surface area contributed by atoms with Crippen LogP contribution in [-0.2, 0) is 9.53 Å². The molecule has 0 heterocycles. The third-order valence-electron chi connectivity index (χ3n) is 3.84. The van der Waals surface area contributed by atoms with Crippen molar-refractivity contribution in [2.75, 3.05) is 19.8 Å². The minimum absolute atomic E-state index is 0.655. The lowest BCUT2D eigenvalue weighted by atomic mass is 9.95. The Morgan fingerprint density at radius 3 is 2.19 bits per heavy atom. The molecule has 4 nitrogen and oxygen atoms in total. The zero-order valence-corrected chi connectivity index (χ0v) is 14.2. The Hall–Kier alpha value is -0.610. The van der Waals surface area contributed by atoms with E-state index in [1.807, 2.05) is 6.92 Å². The van der Waals surface area contributed by atoms with E-state index in [0.29, 0.717) is 6.42 Å². The van der Waals surface area contributed by atoms with Crippen LogP contribution in [0.1, 0.15) is 78.6 Å². The van der Waals surface area contributed by atoms with Crippen LogP contribution in [0.2, 0.25) is 0 Å². The van der Waals surface area contributed by atoms with Crippen LogP contribution in [0.15, 0.2) is 0 Å². The lowest BCUT2D eigenvalue weighted by Gasteiger charge is -2.26. The summed E-state index contributed by atoms with van der Waals surface area (Å²) in [7, 11) is 0. The molecule has 0 aliphatic rings. The van der Waals surface area contributed by atoms with E-state index < -0.39 is 11.5 Å². The maximum Gasteiger partial charge on any atom is 0.323 e. The Balaban J connectivity index is 3.56. The second-order valence-corrected chi connectivity index (χ2v) is 6.05. The molecular weight excluding hydrogens is 266 g/mol. The quantitative estimate of drug-likeness (QED) is 0.449. The van der Waals surface area contributed by atoms with Crippen molar-refractivity contribution in [3.63, 3.8) is 0 Å². The standard InChI is InChI=1S/C17H35NO3/c1-4-6-7-8-10-14-21-15-11-9-12-17(3,16(19)20)18-13-5-2/h18H,4-15H2,1-3H3,(H,19,20). The lowest BCUT2D eigenvalue weighted by Crippen LogP contribution is -2.49. The number of hydrogen-bond donors (Lipinski definition) is 2. The van der Waals surface area contributed by atoms with Gasteiger partial charge in [-0.15, -0.1) is 0 Å². The number of carboxylic acids is 1. The summed E-state index contributed by atoms with van der Waals surface area (Å²) in [6, 6.07) is 0. The summed E-state index contributed by atoms with van der Waals surface area (Å²) in [5.74, 6) is -0.757. The van der Waals surface area contributed by atoms with Crippen molar-refractivity contribution in [2.45, 2.75) is 84.1 Å². The van der Waals surface area contributed by atoms with Gasteiger partial charge in [0.25, 0.3) is 0 Å². The average molecular weight is 301 g/mol. The fourth-order valence-corrected chi connectivity index (χ4v) is 2.26. The van der Waals surface area contributed by atoms with Crippen molar-refractivity contribution in [2.24, 2.45) is 0 Å². The molecule has 4 heteroatoms. The zero-order valence-electron chi connectivity index (χ0n) is 14.2. The van der Waals surface area contributed by atoms with Crippen LogP contribution in [0.5, 0.6) is 0 Å². The SMILES string of the molecule is CCCCCCCOCCCCC(C)(NCCC)C(=O)O. The van der Waals surface area contributed by atoms with Crippen LogP contribution in [0.25, 0.3) is 0 Å². The van der Waals surface area contributed by atoms with E-state index in [9.17, 15) is 9.90 Å². The van der Waals surface area contributed by atoms with Gasteiger partial charge >= 0.3 is 5.97 Å². The molecule has 0 saturated carbocycles. The van der Waals surface area contributed by atoms with E-state index in [2.05, 4.69) is 12.2 Å². The molecule has 126 valence electrons. The number of aliphatic carboxylic acids is 1. The van der Waals surface area contributed by atoms with Gasteiger partial charge < -0.3 is 15.2 Å². The molecule has 1 atom stereocenters. The van der Waals surface area contributed by atoms with Crippen molar-refractivity contribution in [3.05, 3.63) is 0 Å². The predicted molar refractivity (Wildman–Crippen MR) is 87.8 cm³/mol. The largest absolute Gasteiger partial charge is 0.480 e. The van der Waals surface area contributed by atoms with Gasteiger partial charge in [-0.05, 0) is 45.6 Å². The summed E-state index contributed by atoms with van der Waals surface area (Å²) in [6.07, 6.45) is 9.72. The first kappa shape index (κ1) is 20.4. The van der Waals surface area contributed by atoms with Crippen molar-refractivity contribution in [1.29, 1.82) is 0 Å². The monoisotopic (exact) mass is 301 g/mol. The first-order chi connectivity index (χ1) is 10.1. The molecule has 0 radical (unpaired) electrons. The van der Waals surface area contributed by atoms with Gasteiger partial charge in [0.1, 0.15) is 5.54 Å². The second-order valence-electron chi connectivity index (χ2n) is 6.05. The number of hydrogen-bond acceptors (Lipinski definition) is 3. The fraction of sp³-hybridized carbons (Fsp3) is 0.941. The maximum atomic E-state index is 11.3. The molecule has 21 heavy (non-hydrogen) atoms. The molecule has 0 fully saturated rings. The van der Waals surface area contributed by atoms with E-state index in [1.165, 1.54) is 25.7 Å². The van der Waals surface area contributed by atoms with Gasteiger partial charge in [-0.1, -0.05) is 39.5 Å². The zero-order chi connectivity index (χ0) is 16.0. The van der Waals surface area contributed by atoms with Crippen LogP contribution in [0.3, 0.4) is 0 Å². The summed E-state index contributed by atoms with van der Waals surface area (Å²) < 4.78 is 5.60. The normalized spacial score (nSPS) is 14.0. The van der Waals surface area contributed by atoms with Gasteiger partial charge in [0, 0.05) is 13.2 Å². The Labute approximate surface area is 130 Å². The minimum Gasteiger partial charge on any atom is -0.480 e. The molecule has 0 aliphatic heterocycles. The van der Waals surface area contributed by atoms with Crippen molar-refractivity contribution >= 4 is 5.97 Å². The number of ether oxygens (including phenoxy) is 1. The summed E-state index contributed by atoms with van der Waals surface area (Å²) in [5, 5.41) is 12.4. The van der Waals surface area contributed by atoms with Gasteiger partial charge in [-0.25, -0.2) is 0 Å². The molecule has 1 unspecified atom stereocenters. The van der Waals surface area contributed by atoms with Crippen LogP contribution in [0.4, 0.5) is 0 Å².